The van der Waals surface area contributed by atoms with Crippen molar-refractivity contribution in [2.24, 2.45) is 0 Å². The molecule has 5 nitrogen and oxygen atoms in total. The number of pyridine rings is 1. The van der Waals surface area contributed by atoms with Gasteiger partial charge in [0.15, 0.2) is 0 Å². The lowest BCUT2D eigenvalue weighted by Gasteiger charge is -2.17. The third-order valence-corrected chi connectivity index (χ3v) is 2.14. The minimum atomic E-state index is 0.348. The molecule has 0 saturated carbocycles. The minimum absolute atomic E-state index is 0.348. The van der Waals surface area contributed by atoms with Crippen molar-refractivity contribution in [2.75, 3.05) is 11.9 Å². The van der Waals surface area contributed by atoms with Gasteiger partial charge >= 0.3 is 0 Å². The third-order valence-electron chi connectivity index (χ3n) is 2.14. The Morgan fingerprint density at radius 1 is 1.38 bits per heavy atom. The van der Waals surface area contributed by atoms with E-state index in [4.69, 9.17) is 5.26 Å². The summed E-state index contributed by atoms with van der Waals surface area (Å²) < 4.78 is 0. The molecular weight excluding hydrogens is 202 g/mol. The number of anilines is 2. The van der Waals surface area contributed by atoms with E-state index in [-0.39, 0.29) is 0 Å². The monoisotopic (exact) mass is 211 g/mol. The van der Waals surface area contributed by atoms with Gasteiger partial charge in [-0.25, -0.2) is 9.97 Å². The van der Waals surface area contributed by atoms with E-state index in [1.165, 1.54) is 6.33 Å². The molecule has 0 spiro atoms. The molecule has 0 N–H and O–H groups in total. The molecule has 0 unspecified atom stereocenters. The van der Waals surface area contributed by atoms with Crippen molar-refractivity contribution in [1.29, 1.82) is 5.26 Å². The molecule has 0 saturated heterocycles. The van der Waals surface area contributed by atoms with Crippen molar-refractivity contribution >= 4 is 11.5 Å². The van der Waals surface area contributed by atoms with Crippen LogP contribution in [-0.4, -0.2) is 22.0 Å². The quantitative estimate of drug-likeness (QED) is 0.753. The Morgan fingerprint density at radius 3 is 2.94 bits per heavy atom. The van der Waals surface area contributed by atoms with Gasteiger partial charge in [-0.3, -0.25) is 4.98 Å². The third kappa shape index (κ3) is 1.96. The van der Waals surface area contributed by atoms with Crippen molar-refractivity contribution in [3.8, 4) is 6.07 Å². The van der Waals surface area contributed by atoms with Crippen LogP contribution in [0.5, 0.6) is 0 Å². The van der Waals surface area contributed by atoms with Crippen LogP contribution in [0.1, 0.15) is 5.69 Å². The maximum atomic E-state index is 8.74. The fourth-order valence-electron chi connectivity index (χ4n) is 1.28. The predicted octanol–water partition coefficient (Wildman–Crippen LogP) is 1.51. The summed E-state index contributed by atoms with van der Waals surface area (Å²) in [7, 11) is 1.86. The van der Waals surface area contributed by atoms with Crippen molar-refractivity contribution in [3.63, 3.8) is 0 Å². The van der Waals surface area contributed by atoms with E-state index in [1.54, 1.807) is 18.5 Å². The number of aromatic nitrogens is 3. The van der Waals surface area contributed by atoms with Crippen LogP contribution in [0.25, 0.3) is 0 Å². The lowest BCUT2D eigenvalue weighted by atomic mass is 10.3. The first-order valence-corrected chi connectivity index (χ1v) is 4.67. The first-order valence-electron chi connectivity index (χ1n) is 4.67. The zero-order valence-electron chi connectivity index (χ0n) is 8.70. The molecule has 2 rings (SSSR count). The number of hydrogen-bond acceptors (Lipinski definition) is 5. The Hall–Kier alpha value is -2.48. The van der Waals surface area contributed by atoms with Gasteiger partial charge in [-0.15, -0.1) is 0 Å². The fraction of sp³-hybridized carbons (Fsp3) is 0.0909. The van der Waals surface area contributed by atoms with Crippen LogP contribution in [0, 0.1) is 11.3 Å². The van der Waals surface area contributed by atoms with Gasteiger partial charge < -0.3 is 4.90 Å². The van der Waals surface area contributed by atoms with Gasteiger partial charge in [0, 0.05) is 19.3 Å². The van der Waals surface area contributed by atoms with Gasteiger partial charge in [-0.1, -0.05) is 0 Å². The Kier molecular flexibility index (Phi) is 2.74. The maximum Gasteiger partial charge on any atom is 0.145 e. The normalized spacial score (nSPS) is 9.50. The number of rotatable bonds is 2. The Labute approximate surface area is 93.0 Å². The summed E-state index contributed by atoms with van der Waals surface area (Å²) in [4.78, 5) is 13.8. The SMILES string of the molecule is CN(c1cccnc1)c1cc(C#N)ncn1. The maximum absolute atomic E-state index is 8.74. The highest BCUT2D eigenvalue weighted by Gasteiger charge is 2.06. The molecule has 0 aromatic carbocycles. The van der Waals surface area contributed by atoms with E-state index in [2.05, 4.69) is 15.0 Å². The molecule has 2 heterocycles. The van der Waals surface area contributed by atoms with Gasteiger partial charge in [0.1, 0.15) is 23.9 Å². The summed E-state index contributed by atoms with van der Waals surface area (Å²) in [5, 5.41) is 8.74. The lowest BCUT2D eigenvalue weighted by Crippen LogP contribution is -2.11. The molecule has 0 fully saturated rings. The van der Waals surface area contributed by atoms with Crippen molar-refractivity contribution in [3.05, 3.63) is 42.6 Å². The van der Waals surface area contributed by atoms with Crippen LogP contribution in [0.3, 0.4) is 0 Å². The highest BCUT2D eigenvalue weighted by molar-refractivity contribution is 5.58. The first kappa shape index (κ1) is 10.1. The summed E-state index contributed by atoms with van der Waals surface area (Å²) in [5.41, 5.74) is 1.26. The molecule has 16 heavy (non-hydrogen) atoms. The van der Waals surface area contributed by atoms with E-state index in [9.17, 15) is 0 Å². The van der Waals surface area contributed by atoms with Gasteiger partial charge in [0.2, 0.25) is 0 Å². The molecule has 0 radical (unpaired) electrons. The Balaban J connectivity index is 2.35. The van der Waals surface area contributed by atoms with Crippen molar-refractivity contribution in [1.82, 2.24) is 15.0 Å². The molecule has 0 atom stereocenters. The van der Waals surface area contributed by atoms with Gasteiger partial charge in [-0.2, -0.15) is 5.26 Å². The Morgan fingerprint density at radius 2 is 2.25 bits per heavy atom. The lowest BCUT2D eigenvalue weighted by molar-refractivity contribution is 1.06. The summed E-state index contributed by atoms with van der Waals surface area (Å²) in [6, 6.07) is 7.38. The van der Waals surface area contributed by atoms with E-state index >= 15 is 0 Å². The Bertz CT molecular complexity index is 517. The molecule has 0 amide bonds. The summed E-state index contributed by atoms with van der Waals surface area (Å²) >= 11 is 0. The van der Waals surface area contributed by atoms with Gasteiger partial charge in [0.05, 0.1) is 11.9 Å². The first-order chi connectivity index (χ1) is 7.81. The van der Waals surface area contributed by atoms with Crippen LogP contribution in [0.15, 0.2) is 36.9 Å². The number of hydrogen-bond donors (Lipinski definition) is 0. The molecule has 2 aromatic heterocycles. The summed E-state index contributed by atoms with van der Waals surface area (Å²) in [6.45, 7) is 0. The largest absolute Gasteiger partial charge is 0.328 e. The van der Waals surface area contributed by atoms with Gasteiger partial charge in [0.25, 0.3) is 0 Å². The zero-order chi connectivity index (χ0) is 11.4. The molecular formula is C11H9N5. The summed E-state index contributed by atoms with van der Waals surface area (Å²) in [5.74, 6) is 0.666. The second-order valence-corrected chi connectivity index (χ2v) is 3.14. The molecule has 78 valence electrons. The molecule has 0 bridgehead atoms. The predicted molar refractivity (Wildman–Crippen MR) is 59.0 cm³/mol. The fourth-order valence-corrected chi connectivity index (χ4v) is 1.28. The molecule has 0 aliphatic carbocycles. The minimum Gasteiger partial charge on any atom is -0.328 e. The van der Waals surface area contributed by atoms with Crippen LogP contribution >= 0.6 is 0 Å². The highest BCUT2D eigenvalue weighted by atomic mass is 15.2. The van der Waals surface area contributed by atoms with Crippen LogP contribution < -0.4 is 4.90 Å². The standard InChI is InChI=1S/C11H9N5/c1-16(10-3-2-4-13-7-10)11-5-9(6-12)14-8-15-11/h2-5,7-8H,1H3. The smallest absolute Gasteiger partial charge is 0.145 e. The van der Waals surface area contributed by atoms with Gasteiger partial charge in [-0.05, 0) is 12.1 Å². The second-order valence-electron chi connectivity index (χ2n) is 3.14. The average molecular weight is 211 g/mol. The van der Waals surface area contributed by atoms with E-state index in [1.807, 2.05) is 30.1 Å². The number of nitriles is 1. The molecule has 5 heteroatoms. The van der Waals surface area contributed by atoms with Crippen LogP contribution in [0.2, 0.25) is 0 Å². The van der Waals surface area contributed by atoms with Crippen LogP contribution in [-0.2, 0) is 0 Å². The molecule has 0 aliphatic rings. The molecule has 0 aliphatic heterocycles. The number of nitrogens with zero attached hydrogens (tertiary/aromatic N) is 5. The van der Waals surface area contributed by atoms with E-state index < -0.39 is 0 Å². The topological polar surface area (TPSA) is 65.7 Å². The summed E-state index contributed by atoms with van der Waals surface area (Å²) in [6.07, 6.45) is 4.81. The van der Waals surface area contributed by atoms with Crippen molar-refractivity contribution < 1.29 is 0 Å². The molecule has 2 aromatic rings. The second kappa shape index (κ2) is 4.36. The van der Waals surface area contributed by atoms with E-state index in [0.29, 0.717) is 11.5 Å². The van der Waals surface area contributed by atoms with Crippen LogP contribution in [0.4, 0.5) is 11.5 Å². The average Bonchev–Trinajstić information content (AvgIpc) is 2.39. The van der Waals surface area contributed by atoms with Crippen molar-refractivity contribution in [2.45, 2.75) is 0 Å². The zero-order valence-corrected chi connectivity index (χ0v) is 8.70. The van der Waals surface area contributed by atoms with E-state index in [0.717, 1.165) is 5.69 Å². The highest BCUT2D eigenvalue weighted by Crippen LogP contribution is 2.19.